The van der Waals surface area contributed by atoms with E-state index >= 15 is 0 Å². The quantitative estimate of drug-likeness (QED) is 0.516. The average Bonchev–Trinajstić information content (AvgIpc) is 2.66. The van der Waals surface area contributed by atoms with Crippen molar-refractivity contribution in [2.24, 2.45) is 5.10 Å². The summed E-state index contributed by atoms with van der Waals surface area (Å²) in [5.41, 5.74) is 5.71. The van der Waals surface area contributed by atoms with E-state index in [2.05, 4.69) is 29.6 Å². The van der Waals surface area contributed by atoms with Crippen LogP contribution in [0.3, 0.4) is 0 Å². The Kier molecular flexibility index (Phi) is 5.57. The highest BCUT2D eigenvalue weighted by molar-refractivity contribution is 6.01. The molecule has 3 aromatic carbocycles. The minimum absolute atomic E-state index is 0.0964. The summed E-state index contributed by atoms with van der Waals surface area (Å²) in [5.74, 6) is -0.0964. The highest BCUT2D eigenvalue weighted by Crippen LogP contribution is 2.18. The first-order valence-corrected chi connectivity index (χ1v) is 8.65. The van der Waals surface area contributed by atoms with Crippen molar-refractivity contribution in [2.75, 3.05) is 0 Å². The van der Waals surface area contributed by atoms with E-state index in [1.54, 1.807) is 0 Å². The third-order valence-corrected chi connectivity index (χ3v) is 4.14. The minimum Gasteiger partial charge on any atom is -0.273 e. The molecular formula is C22H22N2O. The zero-order chi connectivity index (χ0) is 17.5. The molecule has 0 bridgehead atoms. The summed E-state index contributed by atoms with van der Waals surface area (Å²) in [6.45, 7) is 2.11. The number of amides is 1. The molecular weight excluding hydrogens is 308 g/mol. The topological polar surface area (TPSA) is 41.5 Å². The molecule has 0 atom stereocenters. The standard InChI is InChI=1S/C22H22N2O/c1-2-9-21(18-11-4-3-5-12-18)23-24-22(25)16-19-14-8-13-17-10-6-7-15-20(17)19/h3-8,10-15H,2,9,16H2,1H3,(H,24,25)/b23-21+. The molecule has 0 aliphatic rings. The molecule has 0 spiro atoms. The highest BCUT2D eigenvalue weighted by atomic mass is 16.2. The number of hydrogen-bond acceptors (Lipinski definition) is 2. The van der Waals surface area contributed by atoms with Crippen LogP contribution in [0.15, 0.2) is 77.9 Å². The van der Waals surface area contributed by atoms with Crippen molar-refractivity contribution >= 4 is 22.4 Å². The largest absolute Gasteiger partial charge is 0.273 e. The summed E-state index contributed by atoms with van der Waals surface area (Å²) in [6, 6.07) is 24.1. The van der Waals surface area contributed by atoms with E-state index in [0.29, 0.717) is 6.42 Å². The molecule has 1 N–H and O–H groups in total. The van der Waals surface area contributed by atoms with E-state index in [9.17, 15) is 4.79 Å². The van der Waals surface area contributed by atoms with Crippen molar-refractivity contribution in [3.8, 4) is 0 Å². The Labute approximate surface area is 148 Å². The fraction of sp³-hybridized carbons (Fsp3) is 0.182. The number of benzene rings is 3. The van der Waals surface area contributed by atoms with Crippen molar-refractivity contribution in [2.45, 2.75) is 26.2 Å². The van der Waals surface area contributed by atoms with E-state index in [1.807, 2.05) is 60.7 Å². The molecule has 3 nitrogen and oxygen atoms in total. The highest BCUT2D eigenvalue weighted by Gasteiger charge is 2.08. The minimum atomic E-state index is -0.0964. The molecule has 0 unspecified atom stereocenters. The van der Waals surface area contributed by atoms with Crippen molar-refractivity contribution in [3.63, 3.8) is 0 Å². The molecule has 25 heavy (non-hydrogen) atoms. The Bertz CT molecular complexity index is 879. The number of fused-ring (bicyclic) bond motifs is 1. The smallest absolute Gasteiger partial charge is 0.244 e. The van der Waals surface area contributed by atoms with Gasteiger partial charge in [0.2, 0.25) is 5.91 Å². The van der Waals surface area contributed by atoms with Gasteiger partial charge >= 0.3 is 0 Å². The number of carbonyl (C=O) groups is 1. The summed E-state index contributed by atoms with van der Waals surface area (Å²) >= 11 is 0. The molecule has 0 fully saturated rings. The van der Waals surface area contributed by atoms with E-state index in [4.69, 9.17) is 0 Å². The Hall–Kier alpha value is -2.94. The first-order chi connectivity index (χ1) is 12.3. The van der Waals surface area contributed by atoms with Gasteiger partial charge in [-0.1, -0.05) is 86.1 Å². The van der Waals surface area contributed by atoms with Gasteiger partial charge in [-0.15, -0.1) is 0 Å². The van der Waals surface area contributed by atoms with Crippen LogP contribution in [0.2, 0.25) is 0 Å². The van der Waals surface area contributed by atoms with E-state index in [1.165, 1.54) is 0 Å². The molecule has 0 aliphatic carbocycles. The molecule has 126 valence electrons. The monoisotopic (exact) mass is 330 g/mol. The van der Waals surface area contributed by atoms with Gasteiger partial charge in [-0.3, -0.25) is 4.79 Å². The number of hydrogen-bond donors (Lipinski definition) is 1. The lowest BCUT2D eigenvalue weighted by Crippen LogP contribution is -2.22. The van der Waals surface area contributed by atoms with Gasteiger partial charge in [0.05, 0.1) is 12.1 Å². The van der Waals surface area contributed by atoms with Gasteiger partial charge in [0.15, 0.2) is 0 Å². The lowest BCUT2D eigenvalue weighted by molar-refractivity contribution is -0.120. The van der Waals surface area contributed by atoms with Crippen LogP contribution in [-0.2, 0) is 11.2 Å². The molecule has 3 aromatic rings. The predicted octanol–water partition coefficient (Wildman–Crippen LogP) is 4.70. The number of carbonyl (C=O) groups excluding carboxylic acids is 1. The zero-order valence-electron chi connectivity index (χ0n) is 14.4. The van der Waals surface area contributed by atoms with Gasteiger partial charge in [0, 0.05) is 0 Å². The van der Waals surface area contributed by atoms with Crippen LogP contribution >= 0.6 is 0 Å². The molecule has 0 aliphatic heterocycles. The fourth-order valence-electron chi connectivity index (χ4n) is 2.92. The predicted molar refractivity (Wildman–Crippen MR) is 104 cm³/mol. The van der Waals surface area contributed by atoms with Gasteiger partial charge in [0.1, 0.15) is 0 Å². The van der Waals surface area contributed by atoms with E-state index < -0.39 is 0 Å². The van der Waals surface area contributed by atoms with E-state index in [0.717, 1.165) is 40.5 Å². The van der Waals surface area contributed by atoms with Crippen LogP contribution < -0.4 is 5.43 Å². The van der Waals surface area contributed by atoms with Crippen molar-refractivity contribution in [3.05, 3.63) is 83.9 Å². The van der Waals surface area contributed by atoms with Crippen molar-refractivity contribution in [1.82, 2.24) is 5.43 Å². The Morgan fingerprint density at radius 1 is 0.920 bits per heavy atom. The number of rotatable bonds is 6. The first-order valence-electron chi connectivity index (χ1n) is 8.65. The maximum absolute atomic E-state index is 12.4. The summed E-state index contributed by atoms with van der Waals surface area (Å²) in [7, 11) is 0. The number of hydrazone groups is 1. The van der Waals surface area contributed by atoms with Crippen molar-refractivity contribution < 1.29 is 4.79 Å². The van der Waals surface area contributed by atoms with Crippen molar-refractivity contribution in [1.29, 1.82) is 0 Å². The van der Waals surface area contributed by atoms with Gasteiger partial charge < -0.3 is 0 Å². The summed E-state index contributed by atoms with van der Waals surface area (Å²) in [4.78, 5) is 12.4. The van der Waals surface area contributed by atoms with Crippen LogP contribution in [0.4, 0.5) is 0 Å². The lowest BCUT2D eigenvalue weighted by atomic mass is 10.0. The SMILES string of the molecule is CCC/C(=N\NC(=O)Cc1cccc2ccccc12)c1ccccc1. The van der Waals surface area contributed by atoms with Gasteiger partial charge in [0.25, 0.3) is 0 Å². The molecule has 1 amide bonds. The summed E-state index contributed by atoms with van der Waals surface area (Å²) < 4.78 is 0. The molecule has 3 heteroatoms. The second-order valence-corrected chi connectivity index (χ2v) is 6.02. The van der Waals surface area contributed by atoms with Crippen LogP contribution in [0.1, 0.15) is 30.9 Å². The maximum atomic E-state index is 12.4. The Morgan fingerprint density at radius 2 is 1.64 bits per heavy atom. The van der Waals surface area contributed by atoms with Gasteiger partial charge in [-0.05, 0) is 28.3 Å². The maximum Gasteiger partial charge on any atom is 0.244 e. The van der Waals surface area contributed by atoms with Crippen LogP contribution in [0.25, 0.3) is 10.8 Å². The third-order valence-electron chi connectivity index (χ3n) is 4.14. The van der Waals surface area contributed by atoms with Crippen LogP contribution in [-0.4, -0.2) is 11.6 Å². The molecule has 0 heterocycles. The number of nitrogens with zero attached hydrogens (tertiary/aromatic N) is 1. The number of nitrogens with one attached hydrogen (secondary N) is 1. The average molecular weight is 330 g/mol. The molecule has 0 saturated carbocycles. The van der Waals surface area contributed by atoms with Gasteiger partial charge in [-0.25, -0.2) is 5.43 Å². The first kappa shape index (κ1) is 16.9. The van der Waals surface area contributed by atoms with Gasteiger partial charge in [-0.2, -0.15) is 5.10 Å². The Balaban J connectivity index is 1.75. The summed E-state index contributed by atoms with van der Waals surface area (Å²) in [5, 5.41) is 6.63. The Morgan fingerprint density at radius 3 is 2.44 bits per heavy atom. The zero-order valence-corrected chi connectivity index (χ0v) is 14.4. The second kappa shape index (κ2) is 8.25. The molecule has 0 saturated heterocycles. The fourth-order valence-corrected chi connectivity index (χ4v) is 2.92. The molecule has 0 aromatic heterocycles. The second-order valence-electron chi connectivity index (χ2n) is 6.02. The summed E-state index contributed by atoms with van der Waals surface area (Å²) in [6.07, 6.45) is 2.13. The van der Waals surface area contributed by atoms with E-state index in [-0.39, 0.29) is 5.91 Å². The normalized spacial score (nSPS) is 11.5. The van der Waals surface area contributed by atoms with Crippen LogP contribution in [0.5, 0.6) is 0 Å². The third kappa shape index (κ3) is 4.32. The lowest BCUT2D eigenvalue weighted by Gasteiger charge is -2.08. The molecule has 3 rings (SSSR count). The van der Waals surface area contributed by atoms with Crippen LogP contribution in [0, 0.1) is 0 Å². The molecule has 0 radical (unpaired) electrons.